The monoisotopic (exact) mass is 346 g/mol. The molecule has 0 saturated heterocycles. The number of carbonyl (C=O) groups excluding carboxylic acids is 1. The summed E-state index contributed by atoms with van der Waals surface area (Å²) in [6.45, 7) is 2.28. The third-order valence-electron chi connectivity index (χ3n) is 3.64. The van der Waals surface area contributed by atoms with Crippen LogP contribution in [0.15, 0.2) is 54.9 Å². The van der Waals surface area contributed by atoms with E-state index in [-0.39, 0.29) is 5.91 Å². The number of aromatic nitrogens is 4. The number of nitriles is 1. The Bertz CT molecular complexity index is 962. The number of hydrogen-bond donors (Lipinski definition) is 1. The van der Waals surface area contributed by atoms with Crippen LogP contribution in [0.3, 0.4) is 0 Å². The van der Waals surface area contributed by atoms with Gasteiger partial charge in [-0.15, -0.1) is 0 Å². The van der Waals surface area contributed by atoms with Crippen LogP contribution in [0.4, 0.5) is 5.82 Å². The fourth-order valence-corrected chi connectivity index (χ4v) is 2.46. The minimum absolute atomic E-state index is 0.268. The second-order valence-electron chi connectivity index (χ2n) is 5.68. The van der Waals surface area contributed by atoms with Gasteiger partial charge in [0.15, 0.2) is 0 Å². The molecule has 3 rings (SSSR count). The topological polar surface area (TPSA) is 88.5 Å². The number of rotatable bonds is 6. The molecule has 7 heteroatoms. The number of amides is 1. The number of hydrogen-bond acceptors (Lipinski definition) is 4. The van der Waals surface area contributed by atoms with Crippen LogP contribution in [0.25, 0.3) is 11.8 Å². The minimum Gasteiger partial charge on any atom is -0.307 e. The maximum atomic E-state index is 12.2. The van der Waals surface area contributed by atoms with Crippen LogP contribution < -0.4 is 5.32 Å². The van der Waals surface area contributed by atoms with E-state index < -0.39 is 0 Å². The van der Waals surface area contributed by atoms with Crippen molar-refractivity contribution in [1.29, 1.82) is 5.26 Å². The van der Waals surface area contributed by atoms with E-state index in [1.165, 1.54) is 6.08 Å². The zero-order valence-electron chi connectivity index (χ0n) is 14.3. The summed E-state index contributed by atoms with van der Waals surface area (Å²) < 4.78 is 3.37. The van der Waals surface area contributed by atoms with Gasteiger partial charge in [-0.1, -0.05) is 18.2 Å². The molecule has 0 radical (unpaired) electrons. The van der Waals surface area contributed by atoms with Gasteiger partial charge in [0.2, 0.25) is 5.91 Å². The van der Waals surface area contributed by atoms with Gasteiger partial charge in [0.1, 0.15) is 5.82 Å². The van der Waals surface area contributed by atoms with Crippen molar-refractivity contribution in [2.75, 3.05) is 5.32 Å². The van der Waals surface area contributed by atoms with Crippen molar-refractivity contribution in [2.45, 2.75) is 19.9 Å². The summed E-state index contributed by atoms with van der Waals surface area (Å²) in [6.07, 6.45) is 7.02. The quantitative estimate of drug-likeness (QED) is 0.695. The molecular formula is C19H18N6O. The molecule has 130 valence electrons. The van der Waals surface area contributed by atoms with Crippen molar-refractivity contribution in [3.05, 3.63) is 66.1 Å². The molecule has 0 unspecified atom stereocenters. The largest absolute Gasteiger partial charge is 0.307 e. The number of para-hydroxylation sites is 1. The molecule has 2 aromatic heterocycles. The van der Waals surface area contributed by atoms with Crippen LogP contribution in [-0.2, 0) is 11.3 Å². The minimum atomic E-state index is -0.268. The lowest BCUT2D eigenvalue weighted by atomic mass is 10.3. The Labute approximate surface area is 151 Å². The Hall–Kier alpha value is -3.66. The number of nitrogens with zero attached hydrogens (tertiary/aromatic N) is 5. The van der Waals surface area contributed by atoms with Crippen LogP contribution in [0.5, 0.6) is 0 Å². The van der Waals surface area contributed by atoms with E-state index >= 15 is 0 Å². The molecule has 0 fully saturated rings. The normalized spacial score (nSPS) is 10.8. The molecule has 1 N–H and O–H groups in total. The predicted octanol–water partition coefficient (Wildman–Crippen LogP) is 2.94. The fraction of sp³-hybridized carbons (Fsp3) is 0.158. The number of anilines is 1. The maximum Gasteiger partial charge on any atom is 0.249 e. The van der Waals surface area contributed by atoms with Crippen molar-refractivity contribution in [3.8, 4) is 11.8 Å². The molecule has 1 amide bonds. The van der Waals surface area contributed by atoms with Crippen molar-refractivity contribution in [1.82, 2.24) is 19.6 Å². The summed E-state index contributed by atoms with van der Waals surface area (Å²) in [7, 11) is 0. The van der Waals surface area contributed by atoms with Crippen LogP contribution in [-0.4, -0.2) is 25.5 Å². The zero-order chi connectivity index (χ0) is 18.4. The first-order valence-electron chi connectivity index (χ1n) is 8.16. The highest BCUT2D eigenvalue weighted by molar-refractivity contribution is 6.01. The lowest BCUT2D eigenvalue weighted by Gasteiger charge is -2.05. The Balaban J connectivity index is 1.66. The lowest BCUT2D eigenvalue weighted by molar-refractivity contribution is -0.111. The van der Waals surface area contributed by atoms with E-state index in [1.54, 1.807) is 27.7 Å². The van der Waals surface area contributed by atoms with Gasteiger partial charge in [0, 0.05) is 23.9 Å². The Morgan fingerprint density at radius 1 is 1.35 bits per heavy atom. The summed E-state index contributed by atoms with van der Waals surface area (Å²) in [5, 5.41) is 20.0. The Kier molecular flexibility index (Phi) is 5.25. The van der Waals surface area contributed by atoms with E-state index in [4.69, 9.17) is 5.26 Å². The van der Waals surface area contributed by atoms with Crippen LogP contribution in [0.1, 0.15) is 17.7 Å². The van der Waals surface area contributed by atoms with Crippen molar-refractivity contribution in [2.24, 2.45) is 0 Å². The van der Waals surface area contributed by atoms with Gasteiger partial charge in [0.05, 0.1) is 36.6 Å². The third-order valence-corrected chi connectivity index (χ3v) is 3.64. The molecule has 3 aromatic rings. The van der Waals surface area contributed by atoms with Gasteiger partial charge >= 0.3 is 0 Å². The highest BCUT2D eigenvalue weighted by Crippen LogP contribution is 2.12. The molecule has 0 aliphatic heterocycles. The molecule has 0 aliphatic rings. The second-order valence-corrected chi connectivity index (χ2v) is 5.68. The Morgan fingerprint density at radius 3 is 2.92 bits per heavy atom. The fourth-order valence-electron chi connectivity index (χ4n) is 2.46. The third kappa shape index (κ3) is 4.24. The molecule has 0 spiro atoms. The summed E-state index contributed by atoms with van der Waals surface area (Å²) in [4.78, 5) is 12.2. The first-order chi connectivity index (χ1) is 12.7. The summed E-state index contributed by atoms with van der Waals surface area (Å²) in [6, 6.07) is 13.6. The SMILES string of the molecule is Cc1cc(NC(=O)C=Cc2cnn(-c3ccccc3)c2)n(CCC#N)n1. The molecule has 0 saturated carbocycles. The lowest BCUT2D eigenvalue weighted by Crippen LogP contribution is -2.13. The summed E-state index contributed by atoms with van der Waals surface area (Å²) in [5.74, 6) is 0.308. The van der Waals surface area contributed by atoms with Gasteiger partial charge in [-0.3, -0.25) is 4.79 Å². The molecule has 7 nitrogen and oxygen atoms in total. The second kappa shape index (κ2) is 7.94. The van der Waals surface area contributed by atoms with Crippen molar-refractivity contribution < 1.29 is 4.79 Å². The first kappa shape index (κ1) is 17.2. The average molecular weight is 346 g/mol. The average Bonchev–Trinajstić information content (AvgIpc) is 3.25. The van der Waals surface area contributed by atoms with Gasteiger partial charge < -0.3 is 5.32 Å². The van der Waals surface area contributed by atoms with Gasteiger partial charge in [-0.2, -0.15) is 15.5 Å². The molecule has 2 heterocycles. The highest BCUT2D eigenvalue weighted by Gasteiger charge is 2.07. The number of nitrogens with one attached hydrogen (secondary N) is 1. The maximum absolute atomic E-state index is 12.2. The van der Waals surface area contributed by atoms with E-state index in [1.807, 2.05) is 43.5 Å². The number of carbonyl (C=O) groups is 1. The van der Waals surface area contributed by atoms with Crippen LogP contribution in [0, 0.1) is 18.3 Å². The predicted molar refractivity (Wildman–Crippen MR) is 98.4 cm³/mol. The molecular weight excluding hydrogens is 328 g/mol. The van der Waals surface area contributed by atoms with Crippen LogP contribution >= 0.6 is 0 Å². The molecule has 0 aliphatic carbocycles. The van der Waals surface area contributed by atoms with Crippen molar-refractivity contribution >= 4 is 17.8 Å². The van der Waals surface area contributed by atoms with Crippen LogP contribution in [0.2, 0.25) is 0 Å². The molecule has 0 atom stereocenters. The van der Waals surface area contributed by atoms with Gasteiger partial charge in [-0.05, 0) is 25.1 Å². The Morgan fingerprint density at radius 2 is 2.15 bits per heavy atom. The molecule has 1 aromatic carbocycles. The summed E-state index contributed by atoms with van der Waals surface area (Å²) >= 11 is 0. The van der Waals surface area contributed by atoms with Crippen molar-refractivity contribution in [3.63, 3.8) is 0 Å². The number of benzene rings is 1. The standard InChI is InChI=1S/C19H18N6O/c1-15-12-18(24(23-15)11-5-10-20)22-19(26)9-8-16-13-21-25(14-16)17-6-3-2-4-7-17/h2-4,6-9,12-14H,5,11H2,1H3,(H,22,26). The van der Waals surface area contributed by atoms with E-state index in [9.17, 15) is 4.79 Å². The first-order valence-corrected chi connectivity index (χ1v) is 8.16. The smallest absolute Gasteiger partial charge is 0.249 e. The number of aryl methyl sites for hydroxylation is 2. The highest BCUT2D eigenvalue weighted by atomic mass is 16.1. The summed E-state index contributed by atoms with van der Waals surface area (Å²) in [5.41, 5.74) is 2.55. The zero-order valence-corrected chi connectivity index (χ0v) is 14.3. The molecule has 26 heavy (non-hydrogen) atoms. The van der Waals surface area contributed by atoms with E-state index in [2.05, 4.69) is 21.6 Å². The van der Waals surface area contributed by atoms with Gasteiger partial charge in [0.25, 0.3) is 0 Å². The molecule has 0 bridgehead atoms. The van der Waals surface area contributed by atoms with Gasteiger partial charge in [-0.25, -0.2) is 9.36 Å². The van der Waals surface area contributed by atoms with E-state index in [0.29, 0.717) is 18.8 Å². The van der Waals surface area contributed by atoms with E-state index in [0.717, 1.165) is 16.9 Å².